The average molecular weight is 324 g/mol. The lowest BCUT2D eigenvalue weighted by Gasteiger charge is -2.17. The molecule has 2 rings (SSSR count). The van der Waals surface area contributed by atoms with Crippen molar-refractivity contribution in [3.63, 3.8) is 0 Å². The van der Waals surface area contributed by atoms with E-state index in [2.05, 4.69) is 20.9 Å². The number of nitrogens with zero attached hydrogens (tertiary/aromatic N) is 2. The fourth-order valence-corrected chi connectivity index (χ4v) is 2.61. The van der Waals surface area contributed by atoms with Crippen molar-refractivity contribution in [3.05, 3.63) is 21.8 Å². The van der Waals surface area contributed by atoms with Gasteiger partial charge in [0.05, 0.1) is 10.0 Å². The number of hydrogen-bond acceptors (Lipinski definition) is 2. The van der Waals surface area contributed by atoms with E-state index in [1.54, 1.807) is 4.90 Å². The van der Waals surface area contributed by atoms with Crippen LogP contribution in [0.25, 0.3) is 0 Å². The largest absolute Gasteiger partial charge is 0.294 e. The Morgan fingerprint density at radius 1 is 1.56 bits per heavy atom. The van der Waals surface area contributed by atoms with Gasteiger partial charge < -0.3 is 0 Å². The van der Waals surface area contributed by atoms with E-state index in [4.69, 9.17) is 23.2 Å². The Kier molecular flexibility index (Phi) is 3.42. The molecule has 1 aliphatic heterocycles. The summed E-state index contributed by atoms with van der Waals surface area (Å²) in [6.45, 7) is 2.40. The molecule has 6 heteroatoms. The quantitative estimate of drug-likeness (QED) is 0.744. The van der Waals surface area contributed by atoms with Gasteiger partial charge >= 0.3 is 0 Å². The van der Waals surface area contributed by atoms with Gasteiger partial charge in [-0.15, -0.1) is 0 Å². The first-order valence-corrected chi connectivity index (χ1v) is 6.43. The lowest BCUT2D eigenvalue weighted by molar-refractivity contribution is -0.117. The maximum Gasteiger partial charge on any atom is 0.229 e. The molecule has 0 bridgehead atoms. The highest BCUT2D eigenvalue weighted by Crippen LogP contribution is 2.34. The van der Waals surface area contributed by atoms with Gasteiger partial charge in [0.2, 0.25) is 5.91 Å². The highest BCUT2D eigenvalue weighted by atomic mass is 79.9. The Balaban J connectivity index is 2.42. The zero-order valence-electron chi connectivity index (χ0n) is 8.51. The molecule has 0 radical (unpaired) electrons. The van der Waals surface area contributed by atoms with Crippen LogP contribution in [0.2, 0.25) is 10.0 Å². The fourth-order valence-electron chi connectivity index (χ4n) is 1.60. The van der Waals surface area contributed by atoms with Crippen molar-refractivity contribution in [2.24, 2.45) is 0 Å². The number of carbonyl (C=O) groups is 1. The smallest absolute Gasteiger partial charge is 0.229 e. The molecular formula is C10H9BrCl2N2O. The second-order valence-electron chi connectivity index (χ2n) is 3.67. The minimum atomic E-state index is 0.0259. The molecule has 0 spiro atoms. The summed E-state index contributed by atoms with van der Waals surface area (Å²) < 4.78 is 0. The first-order chi connectivity index (χ1) is 7.50. The number of aromatic nitrogens is 1. The summed E-state index contributed by atoms with van der Waals surface area (Å²) in [5, 5.41) is 0.957. The summed E-state index contributed by atoms with van der Waals surface area (Å²) in [7, 11) is 0. The monoisotopic (exact) mass is 322 g/mol. The predicted molar refractivity (Wildman–Crippen MR) is 68.7 cm³/mol. The number of anilines is 1. The standard InChI is InChI=1S/C10H9BrCl2N2O/c1-5-7(12)3-14-10(9(5)13)15-4-6(11)2-8(15)16/h3,6H,2,4H2,1H3. The van der Waals surface area contributed by atoms with Gasteiger partial charge in [0.25, 0.3) is 0 Å². The van der Waals surface area contributed by atoms with E-state index in [1.807, 2.05) is 6.92 Å². The summed E-state index contributed by atoms with van der Waals surface area (Å²) in [4.78, 5) is 17.6. The molecule has 0 saturated carbocycles. The highest BCUT2D eigenvalue weighted by Gasteiger charge is 2.31. The molecule has 16 heavy (non-hydrogen) atoms. The van der Waals surface area contributed by atoms with Crippen molar-refractivity contribution in [1.82, 2.24) is 4.98 Å². The van der Waals surface area contributed by atoms with E-state index < -0.39 is 0 Å². The molecule has 1 aliphatic rings. The van der Waals surface area contributed by atoms with E-state index in [1.165, 1.54) is 6.20 Å². The molecule has 1 aromatic heterocycles. The van der Waals surface area contributed by atoms with Gasteiger partial charge in [0, 0.05) is 24.0 Å². The molecule has 0 aromatic carbocycles. The molecule has 86 valence electrons. The predicted octanol–water partition coefficient (Wildman–Crippen LogP) is 3.20. The maximum absolute atomic E-state index is 11.7. The molecule has 0 N–H and O–H groups in total. The van der Waals surface area contributed by atoms with Gasteiger partial charge in [-0.1, -0.05) is 39.1 Å². The van der Waals surface area contributed by atoms with E-state index in [0.29, 0.717) is 28.8 Å². The molecule has 1 aromatic rings. The summed E-state index contributed by atoms with van der Waals surface area (Å²) in [6, 6.07) is 0. The van der Waals surface area contributed by atoms with Crippen LogP contribution in [0, 0.1) is 6.92 Å². The van der Waals surface area contributed by atoms with Gasteiger partial charge in [-0.25, -0.2) is 4.98 Å². The Hall–Kier alpha value is -0.320. The highest BCUT2D eigenvalue weighted by molar-refractivity contribution is 9.09. The van der Waals surface area contributed by atoms with Crippen LogP contribution in [0.3, 0.4) is 0 Å². The summed E-state index contributed by atoms with van der Waals surface area (Å²) in [5.74, 6) is 0.522. The summed E-state index contributed by atoms with van der Waals surface area (Å²) >= 11 is 15.4. The van der Waals surface area contributed by atoms with Crippen molar-refractivity contribution in [1.29, 1.82) is 0 Å². The van der Waals surface area contributed by atoms with E-state index in [-0.39, 0.29) is 10.7 Å². The molecule has 2 heterocycles. The minimum Gasteiger partial charge on any atom is -0.294 e. The molecule has 1 fully saturated rings. The summed E-state index contributed by atoms with van der Waals surface area (Å²) in [6.07, 6.45) is 1.99. The van der Waals surface area contributed by atoms with Crippen LogP contribution < -0.4 is 4.90 Å². The van der Waals surface area contributed by atoms with Gasteiger partial charge in [0.15, 0.2) is 5.82 Å². The third kappa shape index (κ3) is 2.06. The Morgan fingerprint density at radius 2 is 2.25 bits per heavy atom. The molecule has 1 atom stereocenters. The number of pyridine rings is 1. The molecular weight excluding hydrogens is 315 g/mol. The third-order valence-electron chi connectivity index (χ3n) is 2.52. The topological polar surface area (TPSA) is 33.2 Å². The number of carbonyl (C=O) groups excluding carboxylic acids is 1. The normalized spacial score (nSPS) is 20.6. The molecule has 0 aliphatic carbocycles. The molecule has 1 unspecified atom stereocenters. The first-order valence-electron chi connectivity index (χ1n) is 4.75. The number of alkyl halides is 1. The fraction of sp³-hybridized carbons (Fsp3) is 0.400. The van der Waals surface area contributed by atoms with Crippen LogP contribution in [0.4, 0.5) is 5.82 Å². The van der Waals surface area contributed by atoms with Gasteiger partial charge in [-0.2, -0.15) is 0 Å². The second kappa shape index (κ2) is 4.51. The van der Waals surface area contributed by atoms with Crippen molar-refractivity contribution in [2.75, 3.05) is 11.4 Å². The van der Waals surface area contributed by atoms with Crippen LogP contribution in [0.15, 0.2) is 6.20 Å². The number of hydrogen-bond donors (Lipinski definition) is 0. The van der Waals surface area contributed by atoms with E-state index in [9.17, 15) is 4.79 Å². The zero-order chi connectivity index (χ0) is 11.9. The second-order valence-corrected chi connectivity index (χ2v) is 5.75. The van der Waals surface area contributed by atoms with Gasteiger partial charge in [-0.3, -0.25) is 9.69 Å². The Bertz CT molecular complexity index is 453. The van der Waals surface area contributed by atoms with Crippen molar-refractivity contribution < 1.29 is 4.79 Å². The first kappa shape index (κ1) is 12.1. The lowest BCUT2D eigenvalue weighted by Crippen LogP contribution is -2.26. The van der Waals surface area contributed by atoms with Gasteiger partial charge in [0.1, 0.15) is 0 Å². The molecule has 1 amide bonds. The van der Waals surface area contributed by atoms with E-state index >= 15 is 0 Å². The Morgan fingerprint density at radius 3 is 2.81 bits per heavy atom. The third-order valence-corrected chi connectivity index (χ3v) is 3.96. The van der Waals surface area contributed by atoms with Crippen LogP contribution >= 0.6 is 39.1 Å². The van der Waals surface area contributed by atoms with Gasteiger partial charge in [-0.05, 0) is 12.5 Å². The van der Waals surface area contributed by atoms with E-state index in [0.717, 1.165) is 5.56 Å². The molecule has 3 nitrogen and oxygen atoms in total. The summed E-state index contributed by atoms with van der Waals surface area (Å²) in [5.41, 5.74) is 0.749. The average Bonchev–Trinajstić information content (AvgIpc) is 2.55. The maximum atomic E-state index is 11.7. The minimum absolute atomic E-state index is 0.0259. The Labute approximate surface area is 112 Å². The van der Waals surface area contributed by atoms with Crippen LogP contribution in [0.1, 0.15) is 12.0 Å². The number of amides is 1. The number of halogens is 3. The number of rotatable bonds is 1. The lowest BCUT2D eigenvalue weighted by atomic mass is 10.3. The SMILES string of the molecule is Cc1c(Cl)cnc(N2CC(Br)CC2=O)c1Cl. The van der Waals surface area contributed by atoms with Crippen molar-refractivity contribution >= 4 is 50.9 Å². The molecule has 1 saturated heterocycles. The van der Waals surface area contributed by atoms with Crippen molar-refractivity contribution in [3.8, 4) is 0 Å². The van der Waals surface area contributed by atoms with Crippen LogP contribution in [0.5, 0.6) is 0 Å². The van der Waals surface area contributed by atoms with Crippen LogP contribution in [-0.4, -0.2) is 22.3 Å². The zero-order valence-corrected chi connectivity index (χ0v) is 11.6. The van der Waals surface area contributed by atoms with Crippen molar-refractivity contribution in [2.45, 2.75) is 18.2 Å². The van der Waals surface area contributed by atoms with Crippen LogP contribution in [-0.2, 0) is 4.79 Å².